The maximum Gasteiger partial charge on any atom is 0.416 e. The number of carbonyl (C=O) groups excluding carboxylic acids is 1. The van der Waals surface area contributed by atoms with Gasteiger partial charge in [-0.05, 0) is 54.3 Å². The average molecular weight is 410 g/mol. The maximum absolute atomic E-state index is 13.5. The zero-order valence-corrected chi connectivity index (χ0v) is 16.4. The van der Waals surface area contributed by atoms with Gasteiger partial charge in [0.2, 0.25) is 0 Å². The van der Waals surface area contributed by atoms with Crippen LogP contribution in [0.3, 0.4) is 0 Å². The molecular weight excluding hydrogens is 389 g/mol. The number of carbonyl (C=O) groups is 1. The highest BCUT2D eigenvalue weighted by Gasteiger charge is 2.33. The summed E-state index contributed by atoms with van der Waals surface area (Å²) in [4.78, 5) is 15.3. The lowest BCUT2D eigenvalue weighted by Gasteiger charge is -2.27. The van der Waals surface area contributed by atoms with Crippen LogP contribution in [-0.2, 0) is 17.4 Å². The molecule has 1 aliphatic rings. The highest BCUT2D eigenvalue weighted by molar-refractivity contribution is 6.01. The molecular formula is C24H21F3N2O. The predicted octanol–water partition coefficient (Wildman–Crippen LogP) is 5.76. The van der Waals surface area contributed by atoms with Crippen LogP contribution in [0.2, 0.25) is 0 Å². The first kappa shape index (κ1) is 20.0. The molecule has 0 saturated carbocycles. The third kappa shape index (κ3) is 3.90. The summed E-state index contributed by atoms with van der Waals surface area (Å²) in [5.41, 5.74) is 3.41. The Bertz CT molecular complexity index is 1060. The topological polar surface area (TPSA) is 32.3 Å². The smallest absolute Gasteiger partial charge is 0.370 e. The van der Waals surface area contributed by atoms with E-state index in [0.717, 1.165) is 41.1 Å². The third-order valence-corrected chi connectivity index (χ3v) is 5.42. The second-order valence-corrected chi connectivity index (χ2v) is 7.38. The van der Waals surface area contributed by atoms with Gasteiger partial charge in [0.15, 0.2) is 0 Å². The second kappa shape index (κ2) is 7.86. The molecule has 1 heterocycles. The maximum atomic E-state index is 13.5. The molecule has 0 radical (unpaired) electrons. The first-order valence-electron chi connectivity index (χ1n) is 9.73. The van der Waals surface area contributed by atoms with Gasteiger partial charge in [-0.25, -0.2) is 0 Å². The number of fused-ring (bicyclic) bond motifs is 1. The van der Waals surface area contributed by atoms with Crippen molar-refractivity contribution in [2.24, 2.45) is 0 Å². The molecule has 1 atom stereocenters. The van der Waals surface area contributed by atoms with E-state index in [2.05, 4.69) is 5.32 Å². The summed E-state index contributed by atoms with van der Waals surface area (Å²) < 4.78 is 39.0. The second-order valence-electron chi connectivity index (χ2n) is 7.38. The monoisotopic (exact) mass is 410 g/mol. The number of anilines is 2. The van der Waals surface area contributed by atoms with Crippen molar-refractivity contribution >= 4 is 17.3 Å². The minimum atomic E-state index is -4.42. The molecule has 4 rings (SSSR count). The summed E-state index contributed by atoms with van der Waals surface area (Å²) in [5.74, 6) is -0.192. The van der Waals surface area contributed by atoms with E-state index in [9.17, 15) is 18.0 Å². The van der Waals surface area contributed by atoms with E-state index >= 15 is 0 Å². The molecule has 30 heavy (non-hydrogen) atoms. The lowest BCUT2D eigenvalue weighted by atomic mass is 10.0. The Morgan fingerprint density at radius 1 is 0.967 bits per heavy atom. The number of nitrogens with zero attached hydrogens (tertiary/aromatic N) is 1. The first-order valence-corrected chi connectivity index (χ1v) is 9.73. The fourth-order valence-electron chi connectivity index (χ4n) is 3.77. The number of rotatable bonds is 4. The van der Waals surface area contributed by atoms with Crippen LogP contribution in [0.15, 0.2) is 72.8 Å². The Hall–Kier alpha value is -3.28. The van der Waals surface area contributed by atoms with Gasteiger partial charge in [0.25, 0.3) is 5.91 Å². The number of benzene rings is 3. The van der Waals surface area contributed by atoms with E-state index in [1.807, 2.05) is 55.5 Å². The molecule has 6 heteroatoms. The predicted molar refractivity (Wildman–Crippen MR) is 111 cm³/mol. The molecule has 3 nitrogen and oxygen atoms in total. The number of aryl methyl sites for hydroxylation is 1. The summed E-state index contributed by atoms with van der Waals surface area (Å²) >= 11 is 0. The molecule has 0 spiro atoms. The SMILES string of the molecule is Cc1ccccc1NC(C(=O)N1CCc2ccccc21)c1ccc(C(F)(F)F)cc1. The minimum absolute atomic E-state index is 0.192. The van der Waals surface area contributed by atoms with Gasteiger partial charge in [0, 0.05) is 17.9 Å². The Labute approximate surface area is 173 Å². The van der Waals surface area contributed by atoms with Crippen LogP contribution in [0.1, 0.15) is 28.3 Å². The van der Waals surface area contributed by atoms with Crippen LogP contribution in [0.25, 0.3) is 0 Å². The van der Waals surface area contributed by atoms with Crippen molar-refractivity contribution in [3.05, 3.63) is 95.1 Å². The normalized spacial score (nSPS) is 14.3. The summed E-state index contributed by atoms with van der Waals surface area (Å²) in [6.45, 7) is 2.46. The Morgan fingerprint density at radius 2 is 1.63 bits per heavy atom. The third-order valence-electron chi connectivity index (χ3n) is 5.42. The van der Waals surface area contributed by atoms with Gasteiger partial charge < -0.3 is 10.2 Å². The first-order chi connectivity index (χ1) is 14.3. The number of hydrogen-bond acceptors (Lipinski definition) is 2. The number of halogens is 3. The number of nitrogens with one attached hydrogen (secondary N) is 1. The van der Waals surface area contributed by atoms with Crippen molar-refractivity contribution in [2.75, 3.05) is 16.8 Å². The summed E-state index contributed by atoms with van der Waals surface area (Å²) in [6, 6.07) is 19.2. The molecule has 0 aliphatic carbocycles. The number of para-hydroxylation sites is 2. The van der Waals surface area contributed by atoms with Crippen molar-refractivity contribution in [1.82, 2.24) is 0 Å². The summed E-state index contributed by atoms with van der Waals surface area (Å²) in [5, 5.41) is 3.26. The van der Waals surface area contributed by atoms with Crippen LogP contribution in [0.4, 0.5) is 24.5 Å². The van der Waals surface area contributed by atoms with E-state index in [1.54, 1.807) is 4.90 Å². The highest BCUT2D eigenvalue weighted by atomic mass is 19.4. The molecule has 1 unspecified atom stereocenters. The molecule has 0 saturated heterocycles. The lowest BCUT2D eigenvalue weighted by molar-refractivity contribution is -0.137. The van der Waals surface area contributed by atoms with Crippen LogP contribution >= 0.6 is 0 Å². The van der Waals surface area contributed by atoms with Crippen molar-refractivity contribution in [1.29, 1.82) is 0 Å². The molecule has 1 amide bonds. The molecule has 1 aliphatic heterocycles. The molecule has 3 aromatic carbocycles. The van der Waals surface area contributed by atoms with E-state index in [4.69, 9.17) is 0 Å². The Morgan fingerprint density at radius 3 is 2.33 bits per heavy atom. The van der Waals surface area contributed by atoms with Gasteiger partial charge in [-0.3, -0.25) is 4.79 Å². The van der Waals surface area contributed by atoms with E-state index in [1.165, 1.54) is 12.1 Å². The largest absolute Gasteiger partial charge is 0.416 e. The van der Waals surface area contributed by atoms with Crippen molar-refractivity contribution in [3.8, 4) is 0 Å². The highest BCUT2D eigenvalue weighted by Crippen LogP contribution is 2.34. The molecule has 3 aromatic rings. The van der Waals surface area contributed by atoms with Gasteiger partial charge >= 0.3 is 6.18 Å². The van der Waals surface area contributed by atoms with Crippen LogP contribution in [-0.4, -0.2) is 12.5 Å². The van der Waals surface area contributed by atoms with Crippen LogP contribution in [0, 0.1) is 6.92 Å². The van der Waals surface area contributed by atoms with Crippen LogP contribution < -0.4 is 10.2 Å². The Balaban J connectivity index is 1.71. The molecule has 0 bridgehead atoms. The minimum Gasteiger partial charge on any atom is -0.370 e. The van der Waals surface area contributed by atoms with E-state index < -0.39 is 17.8 Å². The van der Waals surface area contributed by atoms with Gasteiger partial charge in [-0.15, -0.1) is 0 Å². The molecule has 0 fully saturated rings. The van der Waals surface area contributed by atoms with Crippen molar-refractivity contribution in [2.45, 2.75) is 25.6 Å². The van der Waals surface area contributed by atoms with Gasteiger partial charge in [-0.1, -0.05) is 48.5 Å². The summed E-state index contributed by atoms with van der Waals surface area (Å²) in [7, 11) is 0. The Kier molecular flexibility index (Phi) is 5.24. The fraction of sp³-hybridized carbons (Fsp3) is 0.208. The lowest BCUT2D eigenvalue weighted by Crippen LogP contribution is -2.37. The van der Waals surface area contributed by atoms with E-state index in [-0.39, 0.29) is 5.91 Å². The standard InChI is InChI=1S/C24H21F3N2O/c1-16-6-2-4-8-20(16)28-22(18-10-12-19(13-11-18)24(25,26)27)23(30)29-15-14-17-7-3-5-9-21(17)29/h2-13,22,28H,14-15H2,1H3. The number of hydrogen-bond donors (Lipinski definition) is 1. The van der Waals surface area contributed by atoms with Crippen molar-refractivity contribution < 1.29 is 18.0 Å². The average Bonchev–Trinajstić information content (AvgIpc) is 3.16. The van der Waals surface area contributed by atoms with Gasteiger partial charge in [0.1, 0.15) is 6.04 Å². The molecule has 0 aromatic heterocycles. The van der Waals surface area contributed by atoms with E-state index in [0.29, 0.717) is 12.1 Å². The summed E-state index contributed by atoms with van der Waals surface area (Å²) in [6.07, 6.45) is -3.67. The van der Waals surface area contributed by atoms with Crippen molar-refractivity contribution in [3.63, 3.8) is 0 Å². The zero-order chi connectivity index (χ0) is 21.3. The van der Waals surface area contributed by atoms with Crippen LogP contribution in [0.5, 0.6) is 0 Å². The van der Waals surface area contributed by atoms with Gasteiger partial charge in [0.05, 0.1) is 5.56 Å². The molecule has 154 valence electrons. The molecule has 1 N–H and O–H groups in total. The number of alkyl halides is 3. The van der Waals surface area contributed by atoms with Gasteiger partial charge in [-0.2, -0.15) is 13.2 Å². The quantitative estimate of drug-likeness (QED) is 0.593. The fourth-order valence-corrected chi connectivity index (χ4v) is 3.77. The number of amides is 1. The zero-order valence-electron chi connectivity index (χ0n) is 16.4.